The number of nitrogens with two attached hydrogens (primary N) is 1. The Morgan fingerprint density at radius 1 is 0.809 bits per heavy atom. The Morgan fingerprint density at radius 3 is 2.24 bits per heavy atom. The Kier molecular flexibility index (Phi) is 19.4. The molecule has 19 nitrogen and oxygen atoms in total. The van der Waals surface area contributed by atoms with Gasteiger partial charge in [0.25, 0.3) is 5.91 Å². The van der Waals surface area contributed by atoms with E-state index in [1.54, 1.807) is 54.7 Å². The molecular weight excluding hydrogens is 896 g/mol. The second kappa shape index (κ2) is 25.6. The third kappa shape index (κ3) is 15.7. The molecule has 1 fully saturated rings. The zero-order valence-electron chi connectivity index (χ0n) is 38.0. The molecule has 1 aliphatic rings. The Hall–Kier alpha value is -7.28. The lowest BCUT2D eigenvalue weighted by atomic mass is 9.96. The topological polar surface area (TPSA) is 283 Å². The van der Waals surface area contributed by atoms with Crippen LogP contribution in [0.1, 0.15) is 62.6 Å². The highest BCUT2D eigenvalue weighted by atomic mass is 35.5. The Balaban J connectivity index is 1.50. The molecular formula is C48H59ClN10O9. The minimum Gasteiger partial charge on any atom is -0.368 e. The van der Waals surface area contributed by atoms with Crippen LogP contribution in [0, 0.1) is 5.92 Å². The highest BCUT2D eigenvalue weighted by molar-refractivity contribution is 6.31. The highest BCUT2D eigenvalue weighted by Crippen LogP contribution is 2.23. The summed E-state index contributed by atoms with van der Waals surface area (Å²) in [6.07, 6.45) is 2.40. The largest absolute Gasteiger partial charge is 0.368 e. The average Bonchev–Trinajstić information content (AvgIpc) is 3.72. The molecule has 68 heavy (non-hydrogen) atoms. The van der Waals surface area contributed by atoms with Crippen molar-refractivity contribution in [3.05, 3.63) is 107 Å². The van der Waals surface area contributed by atoms with Gasteiger partial charge in [-0.25, -0.2) is 4.79 Å². The van der Waals surface area contributed by atoms with Crippen LogP contribution in [0.2, 0.25) is 5.02 Å². The summed E-state index contributed by atoms with van der Waals surface area (Å²) in [5.41, 5.74) is 8.56. The molecule has 2 heterocycles. The van der Waals surface area contributed by atoms with E-state index in [1.165, 1.54) is 6.92 Å². The number of imide groups is 1. The fraction of sp³-hybridized carbons (Fsp3) is 0.396. The van der Waals surface area contributed by atoms with Crippen molar-refractivity contribution in [1.29, 1.82) is 0 Å². The van der Waals surface area contributed by atoms with E-state index in [0.29, 0.717) is 35.4 Å². The number of fused-ring (bicyclic) bond motifs is 1. The molecule has 1 aromatic heterocycles. The van der Waals surface area contributed by atoms with Gasteiger partial charge in [0.15, 0.2) is 0 Å². The van der Waals surface area contributed by atoms with E-state index in [2.05, 4.69) is 42.2 Å². The predicted molar refractivity (Wildman–Crippen MR) is 253 cm³/mol. The summed E-state index contributed by atoms with van der Waals surface area (Å²) in [6, 6.07) is 16.7. The van der Waals surface area contributed by atoms with E-state index in [-0.39, 0.29) is 38.8 Å². The normalized spacial score (nSPS) is 20.0. The van der Waals surface area contributed by atoms with Gasteiger partial charge in [-0.2, -0.15) is 0 Å². The van der Waals surface area contributed by atoms with Gasteiger partial charge in [-0.3, -0.25) is 43.3 Å². The van der Waals surface area contributed by atoms with Crippen LogP contribution < -0.4 is 43.0 Å². The minimum absolute atomic E-state index is 0.00643. The summed E-state index contributed by atoms with van der Waals surface area (Å²) in [6.45, 7) is 1.68. The zero-order chi connectivity index (χ0) is 49.2. The van der Waals surface area contributed by atoms with Crippen molar-refractivity contribution in [3.63, 3.8) is 0 Å². The second-order valence-corrected chi connectivity index (χ2v) is 17.1. The summed E-state index contributed by atoms with van der Waals surface area (Å²) in [5.74, 6) is -6.53. The highest BCUT2D eigenvalue weighted by Gasteiger charge is 2.36. The van der Waals surface area contributed by atoms with E-state index < -0.39 is 103 Å². The number of hydrogen-bond donors (Lipinski definition) is 9. The number of carbonyl (C=O) groups excluding carboxylic acids is 9. The molecule has 4 aromatic rings. The van der Waals surface area contributed by atoms with Crippen molar-refractivity contribution in [1.82, 2.24) is 47.1 Å². The van der Waals surface area contributed by atoms with Gasteiger partial charge in [0, 0.05) is 55.0 Å². The maximum absolute atomic E-state index is 14.7. The number of nitrogens with zero attached hydrogens (tertiary/aromatic N) is 1. The fourth-order valence-electron chi connectivity index (χ4n) is 7.75. The first-order valence-electron chi connectivity index (χ1n) is 22.5. The Bertz CT molecular complexity index is 2450. The number of benzene rings is 3. The van der Waals surface area contributed by atoms with Crippen LogP contribution in [-0.2, 0) is 57.6 Å². The van der Waals surface area contributed by atoms with Crippen molar-refractivity contribution < 1.29 is 43.2 Å². The van der Waals surface area contributed by atoms with Gasteiger partial charge in [0.2, 0.25) is 41.4 Å². The molecule has 3 aromatic carbocycles. The summed E-state index contributed by atoms with van der Waals surface area (Å²) < 4.78 is 0. The van der Waals surface area contributed by atoms with Gasteiger partial charge in [0.1, 0.15) is 24.2 Å². The Labute approximate surface area is 398 Å². The second-order valence-electron chi connectivity index (χ2n) is 16.7. The van der Waals surface area contributed by atoms with E-state index in [9.17, 15) is 43.2 Å². The zero-order valence-corrected chi connectivity index (χ0v) is 38.8. The van der Waals surface area contributed by atoms with Crippen LogP contribution in [0.15, 0.2) is 85.1 Å². The molecule has 0 bridgehead atoms. The molecule has 0 saturated carbocycles. The van der Waals surface area contributed by atoms with Crippen molar-refractivity contribution in [2.24, 2.45) is 11.7 Å². The maximum Gasteiger partial charge on any atom is 0.324 e. The van der Waals surface area contributed by atoms with Gasteiger partial charge < -0.3 is 47.9 Å². The summed E-state index contributed by atoms with van der Waals surface area (Å²) in [5, 5.41) is 19.4. The predicted octanol–water partition coefficient (Wildman–Crippen LogP) is 1.66. The number of aromatic amines is 1. The number of nitrogens with one attached hydrogen (secondary N) is 8. The minimum atomic E-state index is -1.63. The molecule has 5 rings (SSSR count). The van der Waals surface area contributed by atoms with Crippen LogP contribution in [0.4, 0.5) is 4.79 Å². The molecule has 10 amide bonds. The van der Waals surface area contributed by atoms with Crippen LogP contribution >= 0.6 is 11.6 Å². The number of primary amides is 1. The lowest BCUT2D eigenvalue weighted by Gasteiger charge is -2.31. The van der Waals surface area contributed by atoms with Crippen LogP contribution in [-0.4, -0.2) is 114 Å². The van der Waals surface area contributed by atoms with Crippen molar-refractivity contribution >= 4 is 75.8 Å². The molecule has 5 atom stereocenters. The number of para-hydroxylation sites is 1. The number of aromatic nitrogens is 1. The monoisotopic (exact) mass is 954 g/mol. The molecule has 0 radical (unpaired) electrons. The molecule has 10 N–H and O–H groups in total. The van der Waals surface area contributed by atoms with Gasteiger partial charge in [-0.05, 0) is 60.4 Å². The number of rotatable bonds is 13. The fourth-order valence-corrected chi connectivity index (χ4v) is 7.96. The molecule has 0 spiro atoms. The SMILES string of the molecule is CCC(Cc1ccccc1Cl)CN1C(=O)NC(Cc2ccccc2)C(=O)NCC(=O)N[C@@H](Cc2c[nH]c3ccccc23)C(=O)NC(C(N)=O)CCCCNC(=O)CC(NC(=O)CNC(C)=O)C1=O. The van der Waals surface area contributed by atoms with Crippen LogP contribution in [0.25, 0.3) is 10.9 Å². The average molecular weight is 956 g/mol. The molecule has 20 heteroatoms. The number of carbonyl (C=O) groups is 9. The quantitative estimate of drug-likeness (QED) is 0.0942. The van der Waals surface area contributed by atoms with Crippen molar-refractivity contribution in [2.45, 2.75) is 89.4 Å². The Morgan fingerprint density at radius 2 is 1.51 bits per heavy atom. The smallest absolute Gasteiger partial charge is 0.324 e. The molecule has 362 valence electrons. The lowest BCUT2D eigenvalue weighted by molar-refractivity contribution is -0.137. The van der Waals surface area contributed by atoms with E-state index in [1.807, 2.05) is 37.3 Å². The molecule has 4 unspecified atom stereocenters. The van der Waals surface area contributed by atoms with Crippen molar-refractivity contribution in [2.75, 3.05) is 26.2 Å². The first-order valence-corrected chi connectivity index (χ1v) is 22.9. The van der Waals surface area contributed by atoms with E-state index in [0.717, 1.165) is 21.4 Å². The summed E-state index contributed by atoms with van der Waals surface area (Å²) in [4.78, 5) is 126. The molecule has 1 aliphatic heterocycles. The standard InChI is InChI=1S/C48H59ClN10O9/c1-3-30(21-32-15-7-9-17-35(32)49)28-59-47(67)40(56-42(62)26-52-29(2)60)24-41(61)51-20-12-11-19-37(44(50)64)57-46(66)39(23-33-25-53-36-18-10-8-16-34(33)36)55-43(63)27-54-45(65)38(58-48(59)68)22-31-13-5-4-6-14-31/h4-10,13-18,25,30,37-40,53H,3,11-12,19-24,26-28H2,1-2H3,(H2,50,64)(H,51,61)(H,52,60)(H,54,65)(H,55,63)(H,56,62)(H,57,66)(H,58,68)/t30?,37?,38?,39-,40?/m0/s1. The van der Waals surface area contributed by atoms with Crippen LogP contribution in [0.3, 0.4) is 0 Å². The number of amides is 10. The summed E-state index contributed by atoms with van der Waals surface area (Å²) in [7, 11) is 0. The summed E-state index contributed by atoms with van der Waals surface area (Å²) >= 11 is 6.52. The third-order valence-electron chi connectivity index (χ3n) is 11.5. The van der Waals surface area contributed by atoms with E-state index in [4.69, 9.17) is 17.3 Å². The van der Waals surface area contributed by atoms with Crippen molar-refractivity contribution in [3.8, 4) is 0 Å². The van der Waals surface area contributed by atoms with Gasteiger partial charge in [-0.1, -0.05) is 91.7 Å². The number of H-pyrrole nitrogens is 1. The van der Waals surface area contributed by atoms with Gasteiger partial charge in [0.05, 0.1) is 19.5 Å². The maximum atomic E-state index is 14.7. The number of halogens is 1. The van der Waals surface area contributed by atoms with Gasteiger partial charge >= 0.3 is 6.03 Å². The molecule has 0 aliphatic carbocycles. The lowest BCUT2D eigenvalue weighted by Crippen LogP contribution is -2.59. The number of urea groups is 1. The first kappa shape index (κ1) is 51.7. The number of hydrogen-bond acceptors (Lipinski definition) is 9. The van der Waals surface area contributed by atoms with Crippen LogP contribution in [0.5, 0.6) is 0 Å². The van der Waals surface area contributed by atoms with E-state index >= 15 is 0 Å². The first-order chi connectivity index (χ1) is 32.6. The molecule has 1 saturated heterocycles. The third-order valence-corrected chi connectivity index (χ3v) is 11.9. The van der Waals surface area contributed by atoms with Gasteiger partial charge in [-0.15, -0.1) is 0 Å².